The van der Waals surface area contributed by atoms with Crippen LogP contribution in [0.25, 0.3) is 0 Å². The monoisotopic (exact) mass is 344 g/mol. The molecule has 0 bridgehead atoms. The number of carbonyl (C=O) groups is 1. The third kappa shape index (κ3) is 2.88. The zero-order chi connectivity index (χ0) is 17.4. The lowest BCUT2D eigenvalue weighted by Gasteiger charge is -2.40. The largest absolute Gasteiger partial charge is 0.381 e. The second-order valence-corrected chi connectivity index (χ2v) is 7.68. The van der Waals surface area contributed by atoms with E-state index in [-0.39, 0.29) is 12.0 Å². The van der Waals surface area contributed by atoms with E-state index in [9.17, 15) is 4.79 Å². The molecule has 3 saturated heterocycles. The minimum atomic E-state index is -0.449. The maximum atomic E-state index is 13.7. The van der Waals surface area contributed by atoms with Crippen LogP contribution in [-0.4, -0.2) is 74.4 Å². The number of hydrogen-bond acceptors (Lipinski definition) is 4. The summed E-state index contributed by atoms with van der Waals surface area (Å²) in [5.74, 6) is 0.261. The standard InChI is InChI=1S/C20H28N2O3/c1-15-5-3-4-6-16(15)20(7-10-24-11-8-20)19(23)22-13-17-18(14-22)25-12-9-21(17)2/h3-6,17-18H,7-14H2,1-2H3/t17-,18+/m0/s1. The first-order valence-corrected chi connectivity index (χ1v) is 9.37. The van der Waals surface area contributed by atoms with Gasteiger partial charge in [-0.2, -0.15) is 0 Å². The van der Waals surface area contributed by atoms with Gasteiger partial charge in [0.25, 0.3) is 0 Å². The van der Waals surface area contributed by atoms with Crippen molar-refractivity contribution in [3.63, 3.8) is 0 Å². The molecule has 136 valence electrons. The Bertz CT molecular complexity index is 642. The van der Waals surface area contributed by atoms with Crippen molar-refractivity contribution in [2.24, 2.45) is 0 Å². The summed E-state index contributed by atoms with van der Waals surface area (Å²) in [5, 5.41) is 0. The van der Waals surface area contributed by atoms with Crippen LogP contribution in [0.5, 0.6) is 0 Å². The summed E-state index contributed by atoms with van der Waals surface area (Å²) in [5.41, 5.74) is 1.92. The van der Waals surface area contributed by atoms with E-state index >= 15 is 0 Å². The lowest BCUT2D eigenvalue weighted by Crippen LogP contribution is -2.50. The number of likely N-dealkylation sites (N-methyl/N-ethyl adjacent to an activating group) is 1. The van der Waals surface area contributed by atoms with E-state index in [2.05, 4.69) is 35.9 Å². The Morgan fingerprint density at radius 1 is 1.16 bits per heavy atom. The molecule has 3 aliphatic heterocycles. The highest BCUT2D eigenvalue weighted by Crippen LogP contribution is 2.39. The number of aryl methyl sites for hydroxylation is 1. The molecule has 0 saturated carbocycles. The molecule has 3 fully saturated rings. The molecule has 0 radical (unpaired) electrons. The summed E-state index contributed by atoms with van der Waals surface area (Å²) in [6, 6.07) is 8.66. The van der Waals surface area contributed by atoms with Crippen molar-refractivity contribution in [1.29, 1.82) is 0 Å². The number of nitrogens with zero attached hydrogens (tertiary/aromatic N) is 2. The number of fused-ring (bicyclic) bond motifs is 1. The number of carbonyl (C=O) groups excluding carboxylic acids is 1. The molecule has 1 aromatic rings. The molecule has 25 heavy (non-hydrogen) atoms. The molecular formula is C20H28N2O3. The summed E-state index contributed by atoms with van der Waals surface area (Å²) in [6.45, 7) is 6.60. The zero-order valence-corrected chi connectivity index (χ0v) is 15.2. The highest BCUT2D eigenvalue weighted by atomic mass is 16.5. The van der Waals surface area contributed by atoms with Gasteiger partial charge in [0.2, 0.25) is 5.91 Å². The predicted octanol–water partition coefficient (Wildman–Crippen LogP) is 1.58. The van der Waals surface area contributed by atoms with E-state index in [1.54, 1.807) is 0 Å². The maximum Gasteiger partial charge on any atom is 0.233 e. The summed E-state index contributed by atoms with van der Waals surface area (Å²) in [7, 11) is 2.14. The van der Waals surface area contributed by atoms with E-state index in [0.717, 1.165) is 32.5 Å². The van der Waals surface area contributed by atoms with Crippen LogP contribution in [0.2, 0.25) is 0 Å². The Hall–Kier alpha value is -1.43. The minimum Gasteiger partial charge on any atom is -0.381 e. The molecule has 5 heteroatoms. The SMILES string of the molecule is Cc1ccccc1C1(C(=O)N2C[C@H]3OCCN(C)[C@H]3C2)CCOCC1. The van der Waals surface area contributed by atoms with Crippen LogP contribution < -0.4 is 0 Å². The average Bonchev–Trinajstić information content (AvgIpc) is 3.08. The van der Waals surface area contributed by atoms with Crippen molar-refractivity contribution in [2.75, 3.05) is 46.5 Å². The molecule has 4 rings (SSSR count). The number of rotatable bonds is 2. The number of amides is 1. The summed E-state index contributed by atoms with van der Waals surface area (Å²) >= 11 is 0. The van der Waals surface area contributed by atoms with E-state index in [0.29, 0.717) is 25.8 Å². The fourth-order valence-electron chi connectivity index (χ4n) is 4.75. The topological polar surface area (TPSA) is 42.0 Å². The molecule has 1 amide bonds. The van der Waals surface area contributed by atoms with E-state index in [1.807, 2.05) is 12.1 Å². The van der Waals surface area contributed by atoms with Gasteiger partial charge in [-0.15, -0.1) is 0 Å². The third-order valence-corrected chi connectivity index (χ3v) is 6.28. The molecule has 0 N–H and O–H groups in total. The molecule has 0 unspecified atom stereocenters. The van der Waals surface area contributed by atoms with E-state index in [4.69, 9.17) is 9.47 Å². The number of ether oxygens (including phenoxy) is 2. The molecule has 0 spiro atoms. The van der Waals surface area contributed by atoms with Gasteiger partial charge in [0.05, 0.1) is 24.2 Å². The zero-order valence-electron chi connectivity index (χ0n) is 15.2. The second-order valence-electron chi connectivity index (χ2n) is 7.68. The number of hydrogen-bond donors (Lipinski definition) is 0. The predicted molar refractivity (Wildman–Crippen MR) is 95.6 cm³/mol. The van der Waals surface area contributed by atoms with Gasteiger partial charge in [-0.1, -0.05) is 24.3 Å². The van der Waals surface area contributed by atoms with Gasteiger partial charge in [-0.25, -0.2) is 0 Å². The Labute approximate surface area is 149 Å². The number of likely N-dealkylation sites (tertiary alicyclic amines) is 1. The molecule has 1 aromatic carbocycles. The summed E-state index contributed by atoms with van der Waals surface area (Å²) in [6.07, 6.45) is 1.68. The Morgan fingerprint density at radius 2 is 1.92 bits per heavy atom. The normalized spacial score (nSPS) is 29.4. The van der Waals surface area contributed by atoms with Crippen molar-refractivity contribution in [2.45, 2.75) is 37.3 Å². The van der Waals surface area contributed by atoms with Crippen LogP contribution in [0, 0.1) is 6.92 Å². The molecule has 3 aliphatic rings. The maximum absolute atomic E-state index is 13.7. The van der Waals surface area contributed by atoms with Gasteiger partial charge < -0.3 is 14.4 Å². The van der Waals surface area contributed by atoms with Crippen LogP contribution in [0.15, 0.2) is 24.3 Å². The molecule has 2 atom stereocenters. The Balaban J connectivity index is 1.64. The van der Waals surface area contributed by atoms with Crippen LogP contribution in [0.1, 0.15) is 24.0 Å². The average molecular weight is 344 g/mol. The van der Waals surface area contributed by atoms with Crippen molar-refractivity contribution in [3.05, 3.63) is 35.4 Å². The van der Waals surface area contributed by atoms with Gasteiger partial charge in [-0.05, 0) is 37.9 Å². The highest BCUT2D eigenvalue weighted by Gasteiger charge is 2.49. The van der Waals surface area contributed by atoms with Gasteiger partial charge >= 0.3 is 0 Å². The van der Waals surface area contributed by atoms with Crippen LogP contribution >= 0.6 is 0 Å². The molecule has 0 aliphatic carbocycles. The van der Waals surface area contributed by atoms with Crippen LogP contribution in [-0.2, 0) is 19.7 Å². The van der Waals surface area contributed by atoms with Crippen molar-refractivity contribution in [3.8, 4) is 0 Å². The number of benzene rings is 1. The van der Waals surface area contributed by atoms with Gasteiger partial charge in [-0.3, -0.25) is 9.69 Å². The first-order valence-electron chi connectivity index (χ1n) is 9.37. The van der Waals surface area contributed by atoms with Gasteiger partial charge in [0.15, 0.2) is 0 Å². The van der Waals surface area contributed by atoms with Crippen LogP contribution in [0.4, 0.5) is 0 Å². The van der Waals surface area contributed by atoms with Crippen molar-refractivity contribution >= 4 is 5.91 Å². The van der Waals surface area contributed by atoms with Crippen LogP contribution in [0.3, 0.4) is 0 Å². The van der Waals surface area contributed by atoms with Gasteiger partial charge in [0.1, 0.15) is 0 Å². The lowest BCUT2D eigenvalue weighted by molar-refractivity contribution is -0.140. The Morgan fingerprint density at radius 3 is 2.64 bits per heavy atom. The molecule has 3 heterocycles. The third-order valence-electron chi connectivity index (χ3n) is 6.28. The lowest BCUT2D eigenvalue weighted by atomic mass is 9.71. The fraction of sp³-hybridized carbons (Fsp3) is 0.650. The Kier molecular flexibility index (Phi) is 4.56. The first kappa shape index (κ1) is 17.0. The summed E-state index contributed by atoms with van der Waals surface area (Å²) in [4.78, 5) is 18.1. The van der Waals surface area contributed by atoms with Crippen molar-refractivity contribution in [1.82, 2.24) is 9.80 Å². The van der Waals surface area contributed by atoms with Gasteiger partial charge in [0, 0.05) is 32.8 Å². The van der Waals surface area contributed by atoms with Crippen molar-refractivity contribution < 1.29 is 14.3 Å². The highest BCUT2D eigenvalue weighted by molar-refractivity contribution is 5.89. The minimum absolute atomic E-state index is 0.150. The molecular weight excluding hydrogens is 316 g/mol. The number of morpholine rings is 1. The first-order chi connectivity index (χ1) is 12.1. The smallest absolute Gasteiger partial charge is 0.233 e. The molecule has 0 aromatic heterocycles. The second kappa shape index (κ2) is 6.71. The quantitative estimate of drug-likeness (QED) is 0.817. The summed E-state index contributed by atoms with van der Waals surface area (Å²) < 4.78 is 11.5. The van der Waals surface area contributed by atoms with E-state index in [1.165, 1.54) is 11.1 Å². The molecule has 5 nitrogen and oxygen atoms in total. The van der Waals surface area contributed by atoms with E-state index < -0.39 is 5.41 Å². The fourth-order valence-corrected chi connectivity index (χ4v) is 4.75.